The van der Waals surface area contributed by atoms with Crippen molar-refractivity contribution < 1.29 is 24.5 Å². The van der Waals surface area contributed by atoms with E-state index in [1.54, 1.807) is 0 Å². The van der Waals surface area contributed by atoms with Crippen molar-refractivity contribution in [1.29, 1.82) is 0 Å². The molecule has 5 aromatic carbocycles. The predicted molar refractivity (Wildman–Crippen MR) is 197 cm³/mol. The summed E-state index contributed by atoms with van der Waals surface area (Å²) in [5.41, 5.74) is 10.9. The molecule has 0 unspecified atom stereocenters. The molecule has 3 aromatic heterocycles. The van der Waals surface area contributed by atoms with Crippen LogP contribution in [-0.2, 0) is 26.5 Å². The summed E-state index contributed by atoms with van der Waals surface area (Å²) < 4.78 is 6.56. The van der Waals surface area contributed by atoms with E-state index in [1.807, 2.05) is 24.5 Å². The maximum atomic E-state index is 6.56. The van der Waals surface area contributed by atoms with Gasteiger partial charge in [0.05, 0.1) is 5.58 Å². The number of hydrogen-bond donors (Lipinski definition) is 0. The van der Waals surface area contributed by atoms with Crippen molar-refractivity contribution in [3.05, 3.63) is 144 Å². The molecule has 8 rings (SSSR count). The molecule has 4 heteroatoms. The van der Waals surface area contributed by atoms with Gasteiger partial charge >= 0.3 is 0 Å². The molecule has 0 saturated carbocycles. The van der Waals surface area contributed by atoms with Crippen molar-refractivity contribution in [2.24, 2.45) is 5.41 Å². The van der Waals surface area contributed by atoms with Gasteiger partial charge in [0.2, 0.25) is 0 Å². The first kappa shape index (κ1) is 33.3. The Morgan fingerprint density at radius 1 is 0.667 bits per heavy atom. The zero-order valence-corrected chi connectivity index (χ0v) is 30.6. The number of hydrogen-bond acceptors (Lipinski definition) is 3. The Balaban J connectivity index is 0.000000183. The molecule has 1 radical (unpaired) electrons. The average molecular weight is 803 g/mol. The molecule has 0 aliphatic heterocycles. The summed E-state index contributed by atoms with van der Waals surface area (Å²) in [6, 6.07) is 40.4. The van der Waals surface area contributed by atoms with Crippen LogP contribution in [0.25, 0.3) is 66.0 Å². The number of aromatic nitrogens is 2. The number of pyridine rings is 2. The van der Waals surface area contributed by atoms with Crippen LogP contribution in [0.4, 0.5) is 0 Å². The fourth-order valence-corrected chi connectivity index (χ4v) is 6.20. The molecular weight excluding hydrogens is 765 g/mol. The first-order valence-corrected chi connectivity index (χ1v) is 16.2. The van der Waals surface area contributed by atoms with Gasteiger partial charge in [0, 0.05) is 43.3 Å². The van der Waals surface area contributed by atoms with Crippen LogP contribution in [0.2, 0.25) is 0 Å². The number of nitrogens with zero attached hydrogens (tertiary/aromatic N) is 2. The van der Waals surface area contributed by atoms with Gasteiger partial charge in [0.1, 0.15) is 5.58 Å². The van der Waals surface area contributed by atoms with E-state index in [1.165, 1.54) is 38.4 Å². The fourth-order valence-electron chi connectivity index (χ4n) is 6.20. The molecule has 8 aromatic rings. The standard InChI is InChI=1S/C27H18NO.C17H20N.Ir/c1-16-14-24(28-15-17(16)2)23-9-5-8-21-22-13-12-19-11-10-18-6-3-4-7-20(18)25(19)27(22)29-26(21)23;1-13-5-8-15(9-6-13)16-10-7-14(12-18-16)11-17(2,3)4;/h3-8,10-15H,1-2H3;5-8,10,12H,11H2,1-4H3;/q2*-1;. The number of rotatable bonds is 3. The molecule has 48 heavy (non-hydrogen) atoms. The normalized spacial score (nSPS) is 11.5. The number of furan rings is 1. The van der Waals surface area contributed by atoms with Crippen LogP contribution >= 0.6 is 0 Å². The van der Waals surface area contributed by atoms with Crippen molar-refractivity contribution in [1.82, 2.24) is 9.97 Å². The first-order valence-electron chi connectivity index (χ1n) is 16.2. The van der Waals surface area contributed by atoms with Crippen LogP contribution in [-0.4, -0.2) is 9.97 Å². The van der Waals surface area contributed by atoms with E-state index in [0.29, 0.717) is 5.41 Å². The van der Waals surface area contributed by atoms with Gasteiger partial charge < -0.3 is 14.4 Å². The van der Waals surface area contributed by atoms with Gasteiger partial charge in [-0.3, -0.25) is 0 Å². The molecule has 3 heterocycles. The van der Waals surface area contributed by atoms with Gasteiger partial charge in [-0.05, 0) is 64.4 Å². The summed E-state index contributed by atoms with van der Waals surface area (Å²) in [5, 5.41) is 7.01. The van der Waals surface area contributed by atoms with Crippen LogP contribution in [0.3, 0.4) is 0 Å². The molecule has 3 nitrogen and oxygen atoms in total. The number of benzene rings is 5. The van der Waals surface area contributed by atoms with E-state index in [9.17, 15) is 0 Å². The Bertz CT molecular complexity index is 2380. The molecule has 0 atom stereocenters. The van der Waals surface area contributed by atoms with Crippen LogP contribution < -0.4 is 0 Å². The molecule has 0 N–H and O–H groups in total. The Kier molecular flexibility index (Phi) is 9.34. The Morgan fingerprint density at radius 2 is 1.42 bits per heavy atom. The van der Waals surface area contributed by atoms with Gasteiger partial charge in [-0.25, -0.2) is 0 Å². The minimum atomic E-state index is 0. The average Bonchev–Trinajstić information content (AvgIpc) is 3.45. The largest absolute Gasteiger partial charge is 0.500 e. The molecule has 0 aliphatic carbocycles. The summed E-state index contributed by atoms with van der Waals surface area (Å²) in [6.07, 6.45) is 4.95. The zero-order chi connectivity index (χ0) is 32.7. The second-order valence-corrected chi connectivity index (χ2v) is 13.7. The van der Waals surface area contributed by atoms with Crippen molar-refractivity contribution in [2.75, 3.05) is 0 Å². The van der Waals surface area contributed by atoms with Gasteiger partial charge in [-0.1, -0.05) is 111 Å². The summed E-state index contributed by atoms with van der Waals surface area (Å²) in [4.78, 5) is 9.18. The van der Waals surface area contributed by atoms with Gasteiger partial charge in [-0.15, -0.1) is 53.6 Å². The van der Waals surface area contributed by atoms with Crippen LogP contribution in [0.5, 0.6) is 0 Å². The van der Waals surface area contributed by atoms with E-state index in [4.69, 9.17) is 4.42 Å². The van der Waals surface area contributed by atoms with E-state index >= 15 is 0 Å². The maximum absolute atomic E-state index is 6.56. The Labute approximate surface area is 296 Å². The Hall–Kier alpha value is -4.63. The third-order valence-electron chi connectivity index (χ3n) is 8.74. The topological polar surface area (TPSA) is 38.9 Å². The number of aryl methyl sites for hydroxylation is 3. The molecule has 0 fully saturated rings. The van der Waals surface area contributed by atoms with Crippen LogP contribution in [0, 0.1) is 38.3 Å². The van der Waals surface area contributed by atoms with E-state index in [0.717, 1.165) is 56.3 Å². The van der Waals surface area contributed by atoms with Crippen molar-refractivity contribution >= 4 is 43.5 Å². The minimum Gasteiger partial charge on any atom is -0.500 e. The maximum Gasteiger partial charge on any atom is 0.129 e. The van der Waals surface area contributed by atoms with E-state index in [2.05, 4.69) is 149 Å². The van der Waals surface area contributed by atoms with Crippen LogP contribution in [0.15, 0.2) is 114 Å². The van der Waals surface area contributed by atoms with Gasteiger partial charge in [0.25, 0.3) is 0 Å². The van der Waals surface area contributed by atoms with Crippen LogP contribution in [0.1, 0.15) is 43.0 Å². The van der Waals surface area contributed by atoms with E-state index in [-0.39, 0.29) is 20.1 Å². The summed E-state index contributed by atoms with van der Waals surface area (Å²) >= 11 is 0. The third-order valence-corrected chi connectivity index (χ3v) is 8.74. The van der Waals surface area contributed by atoms with Gasteiger partial charge in [0.15, 0.2) is 0 Å². The molecule has 0 spiro atoms. The first-order chi connectivity index (χ1) is 22.6. The Morgan fingerprint density at radius 3 is 2.15 bits per heavy atom. The fraction of sp³-hybridized carbons (Fsp3) is 0.182. The quantitative estimate of drug-likeness (QED) is 0.132. The SMILES string of the molecule is Cc1c[c-]c(-c2ccc(CC(C)(C)C)cn2)cc1.Cc1cnc(-c2[c-]ccc3c2oc2c3ccc3ccc4ccccc4c32)cc1C.[Ir]. The minimum absolute atomic E-state index is 0. The molecule has 241 valence electrons. The molecule has 0 bridgehead atoms. The molecule has 0 saturated heterocycles. The zero-order valence-electron chi connectivity index (χ0n) is 28.2. The molecule has 0 aliphatic rings. The summed E-state index contributed by atoms with van der Waals surface area (Å²) in [5.74, 6) is 0. The second-order valence-electron chi connectivity index (χ2n) is 13.7. The molecule has 0 amide bonds. The van der Waals surface area contributed by atoms with E-state index < -0.39 is 0 Å². The predicted octanol–water partition coefficient (Wildman–Crippen LogP) is 11.8. The summed E-state index contributed by atoms with van der Waals surface area (Å²) in [6.45, 7) is 13.0. The van der Waals surface area contributed by atoms with Crippen molar-refractivity contribution in [2.45, 2.75) is 48.0 Å². The summed E-state index contributed by atoms with van der Waals surface area (Å²) in [7, 11) is 0. The second kappa shape index (κ2) is 13.5. The van der Waals surface area contributed by atoms with Crippen molar-refractivity contribution in [3.63, 3.8) is 0 Å². The van der Waals surface area contributed by atoms with Gasteiger partial charge in [-0.2, -0.15) is 0 Å². The number of fused-ring (bicyclic) bond motifs is 7. The van der Waals surface area contributed by atoms with Crippen molar-refractivity contribution in [3.8, 4) is 22.5 Å². The smallest absolute Gasteiger partial charge is 0.129 e. The monoisotopic (exact) mass is 803 g/mol. The molecular formula is C44H38IrN2O-2. The third kappa shape index (κ3) is 6.69.